The number of hydrogen-bond donors (Lipinski definition) is 3. The van der Waals surface area contributed by atoms with E-state index in [1.165, 1.54) is 18.2 Å². The summed E-state index contributed by atoms with van der Waals surface area (Å²) in [6, 6.07) is 15.2. The minimum atomic E-state index is -0.993. The van der Waals surface area contributed by atoms with Crippen LogP contribution < -0.4 is 5.32 Å². The quantitative estimate of drug-likeness (QED) is 0.599. The standard InChI is InChI=1S/C16H13NO3S/c18-15(17-13-4-2-1-3-5-13)10-14(21)11-6-8-12(9-7-11)16(19)20/h1-10,21H,(H,17,18)(H,19,20). The predicted octanol–water partition coefficient (Wildman–Crippen LogP) is 3.29. The Kier molecular flexibility index (Phi) is 4.79. The van der Waals surface area contributed by atoms with E-state index in [0.717, 1.165) is 0 Å². The van der Waals surface area contributed by atoms with Crippen LogP contribution in [0.2, 0.25) is 0 Å². The molecule has 0 atom stereocenters. The van der Waals surface area contributed by atoms with Crippen LogP contribution in [-0.4, -0.2) is 17.0 Å². The molecule has 0 saturated carbocycles. The van der Waals surface area contributed by atoms with Gasteiger partial charge < -0.3 is 10.4 Å². The van der Waals surface area contributed by atoms with Gasteiger partial charge in [-0.05, 0) is 29.8 Å². The van der Waals surface area contributed by atoms with Crippen molar-refractivity contribution in [3.63, 3.8) is 0 Å². The molecular formula is C16H13NO3S. The van der Waals surface area contributed by atoms with Crippen molar-refractivity contribution in [1.29, 1.82) is 0 Å². The Bertz CT molecular complexity index is 678. The van der Waals surface area contributed by atoms with Crippen molar-refractivity contribution in [3.05, 3.63) is 71.8 Å². The maximum absolute atomic E-state index is 11.8. The molecule has 2 N–H and O–H groups in total. The van der Waals surface area contributed by atoms with Gasteiger partial charge in [0.2, 0.25) is 5.91 Å². The van der Waals surface area contributed by atoms with Gasteiger partial charge in [-0.1, -0.05) is 30.3 Å². The number of carbonyl (C=O) groups excluding carboxylic acids is 1. The molecule has 21 heavy (non-hydrogen) atoms. The average molecular weight is 299 g/mol. The zero-order chi connectivity index (χ0) is 15.2. The number of nitrogens with one attached hydrogen (secondary N) is 1. The summed E-state index contributed by atoms with van der Waals surface area (Å²) >= 11 is 4.26. The van der Waals surface area contributed by atoms with Crippen LogP contribution in [0.4, 0.5) is 5.69 Å². The molecule has 5 heteroatoms. The molecule has 0 saturated heterocycles. The molecule has 0 aliphatic rings. The smallest absolute Gasteiger partial charge is 0.335 e. The summed E-state index contributed by atoms with van der Waals surface area (Å²) in [6.07, 6.45) is 1.35. The Morgan fingerprint density at radius 2 is 1.52 bits per heavy atom. The minimum absolute atomic E-state index is 0.189. The van der Waals surface area contributed by atoms with Gasteiger partial charge >= 0.3 is 5.97 Å². The fourth-order valence-electron chi connectivity index (χ4n) is 1.69. The van der Waals surface area contributed by atoms with Crippen LogP contribution in [0, 0.1) is 0 Å². The fraction of sp³-hybridized carbons (Fsp3) is 0. The van der Waals surface area contributed by atoms with E-state index in [4.69, 9.17) is 5.11 Å². The maximum Gasteiger partial charge on any atom is 0.335 e. The summed E-state index contributed by atoms with van der Waals surface area (Å²) in [5.74, 6) is -1.29. The third kappa shape index (κ3) is 4.22. The molecule has 2 aromatic carbocycles. The van der Waals surface area contributed by atoms with E-state index in [1.54, 1.807) is 24.3 Å². The van der Waals surface area contributed by atoms with Gasteiger partial charge in [-0.25, -0.2) is 4.79 Å². The molecule has 0 bridgehead atoms. The van der Waals surface area contributed by atoms with Crippen molar-refractivity contribution in [2.45, 2.75) is 0 Å². The first-order valence-corrected chi connectivity index (χ1v) is 6.61. The number of hydrogen-bond acceptors (Lipinski definition) is 3. The summed E-state index contributed by atoms with van der Waals surface area (Å²) < 4.78 is 0. The molecule has 1 amide bonds. The zero-order valence-corrected chi connectivity index (χ0v) is 11.9. The molecule has 0 fully saturated rings. The van der Waals surface area contributed by atoms with Crippen molar-refractivity contribution in [2.75, 3.05) is 5.32 Å². The largest absolute Gasteiger partial charge is 0.478 e. The number of thiol groups is 1. The van der Waals surface area contributed by atoms with Gasteiger partial charge in [0.15, 0.2) is 0 Å². The van der Waals surface area contributed by atoms with Gasteiger partial charge in [0.25, 0.3) is 0 Å². The Morgan fingerprint density at radius 3 is 2.10 bits per heavy atom. The summed E-state index contributed by atoms with van der Waals surface area (Å²) in [5, 5.41) is 11.5. The number of aromatic carboxylic acids is 1. The highest BCUT2D eigenvalue weighted by molar-refractivity contribution is 7.90. The third-order valence-corrected chi connectivity index (χ3v) is 3.12. The van der Waals surface area contributed by atoms with Crippen molar-refractivity contribution in [2.24, 2.45) is 0 Å². The summed E-state index contributed by atoms with van der Waals surface area (Å²) in [7, 11) is 0. The number of carbonyl (C=O) groups is 2. The van der Waals surface area contributed by atoms with E-state index in [-0.39, 0.29) is 11.5 Å². The van der Waals surface area contributed by atoms with Crippen LogP contribution >= 0.6 is 12.6 Å². The molecule has 0 aliphatic heterocycles. The number of carboxylic acid groups (broad SMARTS) is 1. The molecule has 0 aliphatic carbocycles. The number of anilines is 1. The van der Waals surface area contributed by atoms with Gasteiger partial charge in [0, 0.05) is 16.7 Å². The molecule has 4 nitrogen and oxygen atoms in total. The van der Waals surface area contributed by atoms with Crippen LogP contribution in [0.5, 0.6) is 0 Å². The third-order valence-electron chi connectivity index (χ3n) is 2.74. The van der Waals surface area contributed by atoms with Gasteiger partial charge in [-0.2, -0.15) is 0 Å². The molecule has 0 unspecified atom stereocenters. The van der Waals surface area contributed by atoms with Gasteiger partial charge in [-0.15, -0.1) is 12.6 Å². The molecule has 0 heterocycles. The molecular weight excluding hydrogens is 286 g/mol. The topological polar surface area (TPSA) is 66.4 Å². The van der Waals surface area contributed by atoms with E-state index < -0.39 is 5.97 Å². The molecule has 2 aromatic rings. The second-order valence-electron chi connectivity index (χ2n) is 4.27. The molecule has 0 aromatic heterocycles. The Morgan fingerprint density at radius 1 is 0.952 bits per heavy atom. The first-order valence-electron chi connectivity index (χ1n) is 6.16. The van der Waals surface area contributed by atoms with Gasteiger partial charge in [0.1, 0.15) is 0 Å². The first kappa shape index (κ1) is 14.9. The van der Waals surface area contributed by atoms with Crippen molar-refractivity contribution >= 4 is 35.1 Å². The van der Waals surface area contributed by atoms with Crippen molar-refractivity contribution < 1.29 is 14.7 Å². The van der Waals surface area contributed by atoms with Gasteiger partial charge in [0.05, 0.1) is 5.56 Å². The Hall–Kier alpha value is -2.53. The average Bonchev–Trinajstić information content (AvgIpc) is 2.48. The normalized spacial score (nSPS) is 11.0. The maximum atomic E-state index is 11.8. The fourth-order valence-corrected chi connectivity index (χ4v) is 1.96. The lowest BCUT2D eigenvalue weighted by Gasteiger charge is -2.04. The number of amides is 1. The zero-order valence-electron chi connectivity index (χ0n) is 11.0. The summed E-state index contributed by atoms with van der Waals surface area (Å²) in [5.41, 5.74) is 1.56. The van der Waals surface area contributed by atoms with Crippen LogP contribution in [0.3, 0.4) is 0 Å². The van der Waals surface area contributed by atoms with Crippen LogP contribution in [0.1, 0.15) is 15.9 Å². The van der Waals surface area contributed by atoms with E-state index in [1.807, 2.05) is 18.2 Å². The second-order valence-corrected chi connectivity index (χ2v) is 4.75. The van der Waals surface area contributed by atoms with Crippen LogP contribution in [0.25, 0.3) is 4.91 Å². The number of rotatable bonds is 4. The molecule has 106 valence electrons. The monoisotopic (exact) mass is 299 g/mol. The van der Waals surface area contributed by atoms with E-state index in [0.29, 0.717) is 16.2 Å². The number of carboxylic acids is 1. The van der Waals surface area contributed by atoms with Crippen LogP contribution in [0.15, 0.2) is 60.7 Å². The van der Waals surface area contributed by atoms with Crippen molar-refractivity contribution in [1.82, 2.24) is 0 Å². The van der Waals surface area contributed by atoms with E-state index in [9.17, 15) is 9.59 Å². The van der Waals surface area contributed by atoms with E-state index >= 15 is 0 Å². The molecule has 2 rings (SSSR count). The lowest BCUT2D eigenvalue weighted by molar-refractivity contribution is -0.111. The second kappa shape index (κ2) is 6.76. The molecule has 0 radical (unpaired) electrons. The highest BCUT2D eigenvalue weighted by Crippen LogP contribution is 2.19. The predicted molar refractivity (Wildman–Crippen MR) is 85.4 cm³/mol. The lowest BCUT2D eigenvalue weighted by atomic mass is 10.1. The van der Waals surface area contributed by atoms with Gasteiger partial charge in [-0.3, -0.25) is 4.79 Å². The van der Waals surface area contributed by atoms with E-state index in [2.05, 4.69) is 17.9 Å². The SMILES string of the molecule is O=C(C=C(S)c1ccc(C(=O)O)cc1)Nc1ccccc1. The summed E-state index contributed by atoms with van der Waals surface area (Å²) in [4.78, 5) is 23.1. The molecule has 0 spiro atoms. The number of para-hydroxylation sites is 1. The Balaban J connectivity index is 2.09. The number of benzene rings is 2. The first-order chi connectivity index (χ1) is 10.1. The highest BCUT2D eigenvalue weighted by Gasteiger charge is 2.05. The highest BCUT2D eigenvalue weighted by atomic mass is 32.1. The lowest BCUT2D eigenvalue weighted by Crippen LogP contribution is -2.08. The van der Waals surface area contributed by atoms with Crippen LogP contribution in [-0.2, 0) is 4.79 Å². The Labute approximate surface area is 127 Å². The minimum Gasteiger partial charge on any atom is -0.478 e. The summed E-state index contributed by atoms with van der Waals surface area (Å²) in [6.45, 7) is 0. The van der Waals surface area contributed by atoms with Crippen molar-refractivity contribution in [3.8, 4) is 0 Å².